The number of carbonyl (C=O) groups is 5. The minimum absolute atomic E-state index is 0.0261. The fraction of sp³-hybridized carbons (Fsp3) is 0.571. The van der Waals surface area contributed by atoms with E-state index in [1.807, 2.05) is 51.1 Å². The lowest BCUT2D eigenvalue weighted by Crippen LogP contribution is -2.71. The van der Waals surface area contributed by atoms with E-state index in [0.29, 0.717) is 18.4 Å². The van der Waals surface area contributed by atoms with Gasteiger partial charge in [-0.1, -0.05) is 57.7 Å². The number of ether oxygens (including phenoxy) is 5. The normalized spacial score (nSPS) is 38.1. The largest absolute Gasteiger partial charge is 0.462 e. The van der Waals surface area contributed by atoms with Crippen LogP contribution in [0.3, 0.4) is 0 Å². The van der Waals surface area contributed by atoms with Crippen LogP contribution in [0.4, 0.5) is 0 Å². The number of hydrogen-bond acceptors (Lipinski definition) is 10. The van der Waals surface area contributed by atoms with Gasteiger partial charge in [-0.25, -0.2) is 4.79 Å². The lowest BCUT2D eigenvalue weighted by molar-refractivity contribution is -0.230. The standard InChI is InChI=1S/C35H42O10/c1-19-25(44-27(40)15-14-23-12-10-9-11-13-23)16-17-33(7)28(19)29(41-20(2)36)24-18-26(39)34(8)35(45-34,32(24,5)6)31(43-22(4)38)30(33)42-21(3)37/h9-15,24-25,28-31H,1,16-18H2,2-8H3/b15-14+/t24-,25-,28-,29+,30-,31-,33+,34-,35-/m0/s1. The molecule has 1 spiro atoms. The number of ketones is 1. The van der Waals surface area contributed by atoms with Gasteiger partial charge in [-0.15, -0.1) is 0 Å². The average molecular weight is 623 g/mol. The maximum Gasteiger partial charge on any atom is 0.331 e. The van der Waals surface area contributed by atoms with Gasteiger partial charge in [0, 0.05) is 55.9 Å². The number of carbonyl (C=O) groups excluding carboxylic acids is 5. The molecule has 45 heavy (non-hydrogen) atoms. The summed E-state index contributed by atoms with van der Waals surface area (Å²) in [4.78, 5) is 65.0. The van der Waals surface area contributed by atoms with Gasteiger partial charge in [0.05, 0.1) is 0 Å². The van der Waals surface area contributed by atoms with E-state index < -0.39 is 82.2 Å². The maximum atomic E-state index is 13.8. The molecule has 5 rings (SSSR count). The maximum absolute atomic E-state index is 13.8. The first kappa shape index (κ1) is 32.6. The Labute approximate surface area is 263 Å². The molecule has 0 N–H and O–H groups in total. The molecular weight excluding hydrogens is 580 g/mol. The van der Waals surface area contributed by atoms with Crippen LogP contribution in [0.5, 0.6) is 0 Å². The van der Waals surface area contributed by atoms with Crippen LogP contribution in [0, 0.1) is 22.7 Å². The van der Waals surface area contributed by atoms with E-state index in [1.54, 1.807) is 13.0 Å². The van der Waals surface area contributed by atoms with E-state index >= 15 is 0 Å². The van der Waals surface area contributed by atoms with Crippen LogP contribution in [0.1, 0.15) is 73.3 Å². The molecular formula is C35H42O10. The summed E-state index contributed by atoms with van der Waals surface area (Å²) < 4.78 is 30.5. The van der Waals surface area contributed by atoms with E-state index in [1.165, 1.54) is 26.8 Å². The molecule has 1 heterocycles. The summed E-state index contributed by atoms with van der Waals surface area (Å²) in [6.45, 7) is 15.5. The van der Waals surface area contributed by atoms with Gasteiger partial charge >= 0.3 is 23.9 Å². The van der Waals surface area contributed by atoms with Crippen LogP contribution in [-0.4, -0.2) is 65.3 Å². The first-order valence-electron chi connectivity index (χ1n) is 15.4. The molecule has 1 aliphatic heterocycles. The zero-order chi connectivity index (χ0) is 33.1. The minimum atomic E-state index is -1.37. The van der Waals surface area contributed by atoms with Gasteiger partial charge in [0.1, 0.15) is 18.3 Å². The Hall–Kier alpha value is -3.79. The SMILES string of the molecule is C=C1[C@@H](OC(=O)/C=C/c2ccccc2)CC[C@@]2(C)[C@@H](OC(C)=O)[C@H](OC(C)=O)[C@@]34O[C@@]3(C)C(=O)C[C@@H]([C@@H](OC(C)=O)[C@H]12)C4(C)C. The first-order chi connectivity index (χ1) is 21.0. The highest BCUT2D eigenvalue weighted by atomic mass is 16.7. The molecule has 2 bridgehead atoms. The Morgan fingerprint density at radius 1 is 0.889 bits per heavy atom. The number of Topliss-reactive ketones (excluding diaryl/α,β-unsaturated/α-hetero) is 1. The molecule has 10 heteroatoms. The average Bonchev–Trinajstić information content (AvgIpc) is 3.62. The number of benzene rings is 1. The highest BCUT2D eigenvalue weighted by Gasteiger charge is 2.88. The van der Waals surface area contributed by atoms with Crippen molar-refractivity contribution in [2.45, 2.75) is 103 Å². The first-order valence-corrected chi connectivity index (χ1v) is 15.4. The number of hydrogen-bond donors (Lipinski definition) is 0. The Morgan fingerprint density at radius 2 is 1.49 bits per heavy atom. The Balaban J connectivity index is 1.63. The molecule has 242 valence electrons. The van der Waals surface area contributed by atoms with Gasteiger partial charge in [0.25, 0.3) is 0 Å². The highest BCUT2D eigenvalue weighted by Crippen LogP contribution is 2.72. The summed E-state index contributed by atoms with van der Waals surface area (Å²) in [6.07, 6.45) is -0.339. The van der Waals surface area contributed by atoms with Crippen LogP contribution in [0.15, 0.2) is 48.6 Å². The minimum Gasteiger partial charge on any atom is -0.462 e. The third-order valence-corrected chi connectivity index (χ3v) is 10.7. The molecule has 10 nitrogen and oxygen atoms in total. The summed E-state index contributed by atoms with van der Waals surface area (Å²) in [5, 5.41) is 0. The third-order valence-electron chi connectivity index (χ3n) is 10.7. The number of fused-ring (bicyclic) bond motifs is 2. The number of rotatable bonds is 6. The predicted octanol–water partition coefficient (Wildman–Crippen LogP) is 4.54. The van der Waals surface area contributed by atoms with Crippen molar-refractivity contribution < 1.29 is 47.7 Å². The van der Waals surface area contributed by atoms with Gasteiger partial charge < -0.3 is 23.7 Å². The van der Waals surface area contributed by atoms with Crippen molar-refractivity contribution in [2.75, 3.05) is 0 Å². The summed E-state index contributed by atoms with van der Waals surface area (Å²) in [5.41, 5.74) is -3.37. The van der Waals surface area contributed by atoms with Gasteiger partial charge in [-0.3, -0.25) is 19.2 Å². The summed E-state index contributed by atoms with van der Waals surface area (Å²) in [5.74, 6) is -3.99. The van der Waals surface area contributed by atoms with E-state index in [-0.39, 0.29) is 12.2 Å². The molecule has 1 aromatic carbocycles. The fourth-order valence-electron chi connectivity index (χ4n) is 8.64. The topological polar surface area (TPSA) is 135 Å². The van der Waals surface area contributed by atoms with Crippen LogP contribution >= 0.6 is 0 Å². The van der Waals surface area contributed by atoms with Crippen molar-refractivity contribution in [2.24, 2.45) is 22.7 Å². The number of esters is 4. The molecule has 0 radical (unpaired) electrons. The lowest BCUT2D eigenvalue weighted by atomic mass is 9.46. The Morgan fingerprint density at radius 3 is 2.09 bits per heavy atom. The summed E-state index contributed by atoms with van der Waals surface area (Å²) in [7, 11) is 0. The number of epoxide rings is 1. The molecule has 3 saturated carbocycles. The van der Waals surface area contributed by atoms with Crippen LogP contribution in [0.2, 0.25) is 0 Å². The molecule has 0 amide bonds. The zero-order valence-electron chi connectivity index (χ0n) is 26.9. The quantitative estimate of drug-likeness (QED) is 0.146. The molecule has 4 fully saturated rings. The zero-order valence-corrected chi connectivity index (χ0v) is 26.9. The third kappa shape index (κ3) is 5.11. The summed E-state index contributed by atoms with van der Waals surface area (Å²) >= 11 is 0. The van der Waals surface area contributed by atoms with Gasteiger partial charge in [0.2, 0.25) is 0 Å². The van der Waals surface area contributed by atoms with Gasteiger partial charge in [-0.05, 0) is 37.0 Å². The van der Waals surface area contributed by atoms with Crippen molar-refractivity contribution in [1.82, 2.24) is 0 Å². The second-order valence-corrected chi connectivity index (χ2v) is 13.7. The van der Waals surface area contributed by atoms with Crippen LogP contribution < -0.4 is 0 Å². The lowest BCUT2D eigenvalue weighted by Gasteiger charge is -2.60. The van der Waals surface area contributed by atoms with Gasteiger partial charge in [-0.2, -0.15) is 0 Å². The predicted molar refractivity (Wildman–Crippen MR) is 161 cm³/mol. The fourth-order valence-corrected chi connectivity index (χ4v) is 8.64. The molecule has 9 atom stereocenters. The molecule has 0 aromatic heterocycles. The second-order valence-electron chi connectivity index (χ2n) is 13.7. The summed E-state index contributed by atoms with van der Waals surface area (Å²) in [6, 6.07) is 9.31. The molecule has 4 aliphatic rings. The monoisotopic (exact) mass is 622 g/mol. The molecule has 0 unspecified atom stereocenters. The second kappa shape index (κ2) is 11.2. The van der Waals surface area contributed by atoms with Crippen molar-refractivity contribution in [3.8, 4) is 0 Å². The molecule has 1 saturated heterocycles. The van der Waals surface area contributed by atoms with E-state index in [4.69, 9.17) is 23.7 Å². The van der Waals surface area contributed by atoms with E-state index in [9.17, 15) is 24.0 Å². The molecule has 1 aromatic rings. The van der Waals surface area contributed by atoms with Crippen molar-refractivity contribution >= 4 is 35.7 Å². The van der Waals surface area contributed by atoms with E-state index in [0.717, 1.165) is 5.56 Å². The highest BCUT2D eigenvalue weighted by molar-refractivity contribution is 5.94. The van der Waals surface area contributed by atoms with Crippen LogP contribution in [-0.2, 0) is 47.7 Å². The van der Waals surface area contributed by atoms with Crippen molar-refractivity contribution in [1.29, 1.82) is 0 Å². The Kier molecular flexibility index (Phi) is 8.13. The Bertz CT molecular complexity index is 1460. The van der Waals surface area contributed by atoms with E-state index in [2.05, 4.69) is 6.58 Å². The molecule has 3 aliphatic carbocycles. The van der Waals surface area contributed by atoms with Crippen LogP contribution in [0.25, 0.3) is 6.08 Å². The van der Waals surface area contributed by atoms with Gasteiger partial charge in [0.15, 0.2) is 23.1 Å². The van der Waals surface area contributed by atoms with Crippen molar-refractivity contribution in [3.05, 3.63) is 54.1 Å². The smallest absolute Gasteiger partial charge is 0.331 e. The van der Waals surface area contributed by atoms with Crippen molar-refractivity contribution in [3.63, 3.8) is 0 Å².